The van der Waals surface area contributed by atoms with Crippen molar-refractivity contribution in [1.82, 2.24) is 4.98 Å². The predicted molar refractivity (Wildman–Crippen MR) is 98.1 cm³/mol. The second-order valence-electron chi connectivity index (χ2n) is 6.83. The Morgan fingerprint density at radius 2 is 1.96 bits per heavy atom. The number of aliphatic hydroxyl groups is 1. The zero-order valence-electron chi connectivity index (χ0n) is 14.0. The van der Waals surface area contributed by atoms with Crippen molar-refractivity contribution < 1.29 is 9.90 Å². The number of benzene rings is 1. The number of ketones is 1. The van der Waals surface area contributed by atoms with Crippen molar-refractivity contribution in [2.24, 2.45) is 10.4 Å². The van der Waals surface area contributed by atoms with Gasteiger partial charge in [0.1, 0.15) is 5.76 Å². The zero-order valence-corrected chi connectivity index (χ0v) is 14.9. The number of aromatic nitrogens is 1. The fourth-order valence-corrected chi connectivity index (χ4v) is 3.65. The van der Waals surface area contributed by atoms with Gasteiger partial charge in [-0.05, 0) is 12.3 Å². The molecule has 1 aliphatic carbocycles. The van der Waals surface area contributed by atoms with E-state index in [1.165, 1.54) is 17.6 Å². The van der Waals surface area contributed by atoms with Crippen molar-refractivity contribution in [1.29, 1.82) is 0 Å². The molecule has 4 nitrogen and oxygen atoms in total. The van der Waals surface area contributed by atoms with E-state index in [9.17, 15) is 9.90 Å². The molecule has 0 bridgehead atoms. The Bertz CT molecular complexity index is 832. The minimum absolute atomic E-state index is 0.0657. The van der Waals surface area contributed by atoms with E-state index in [-0.39, 0.29) is 17.0 Å². The lowest BCUT2D eigenvalue weighted by atomic mass is 9.77. The molecular formula is C19H20N2O2S. The maximum atomic E-state index is 12.2. The summed E-state index contributed by atoms with van der Waals surface area (Å²) in [7, 11) is 0. The summed E-state index contributed by atoms with van der Waals surface area (Å²) in [6, 6.07) is 9.94. The molecule has 1 N–H and O–H groups in total. The quantitative estimate of drug-likeness (QED) is 0.798. The van der Waals surface area contributed by atoms with Gasteiger partial charge in [-0.1, -0.05) is 55.5 Å². The lowest BCUT2D eigenvalue weighted by Crippen LogP contribution is -2.26. The van der Waals surface area contributed by atoms with Crippen LogP contribution in [0.2, 0.25) is 0 Å². The number of aryl methyl sites for hydroxylation is 1. The van der Waals surface area contributed by atoms with Crippen LogP contribution in [0.4, 0.5) is 5.13 Å². The Morgan fingerprint density at radius 1 is 1.25 bits per heavy atom. The van der Waals surface area contributed by atoms with Crippen molar-refractivity contribution in [3.8, 4) is 11.3 Å². The van der Waals surface area contributed by atoms with Gasteiger partial charge in [0, 0.05) is 29.5 Å². The molecule has 1 aliphatic rings. The van der Waals surface area contributed by atoms with Gasteiger partial charge in [-0.25, -0.2) is 9.98 Å². The number of nitrogens with zero attached hydrogens (tertiary/aromatic N) is 2. The van der Waals surface area contributed by atoms with E-state index in [1.807, 2.05) is 51.1 Å². The minimum atomic E-state index is -0.198. The van der Waals surface area contributed by atoms with Crippen LogP contribution in [-0.2, 0) is 4.79 Å². The molecule has 0 aliphatic heterocycles. The maximum absolute atomic E-state index is 12.2. The molecule has 0 fully saturated rings. The largest absolute Gasteiger partial charge is 0.511 e. The third-order valence-electron chi connectivity index (χ3n) is 4.03. The molecule has 3 rings (SSSR count). The van der Waals surface area contributed by atoms with Crippen LogP contribution in [0.1, 0.15) is 31.6 Å². The van der Waals surface area contributed by atoms with E-state index < -0.39 is 0 Å². The van der Waals surface area contributed by atoms with E-state index >= 15 is 0 Å². The number of hydrogen-bond acceptors (Lipinski definition) is 5. The van der Waals surface area contributed by atoms with Crippen LogP contribution < -0.4 is 0 Å². The summed E-state index contributed by atoms with van der Waals surface area (Å²) in [5.74, 6) is 0.0561. The summed E-state index contributed by atoms with van der Waals surface area (Å²) >= 11 is 1.48. The molecule has 0 spiro atoms. The lowest BCUT2D eigenvalue weighted by Gasteiger charge is -2.28. The van der Waals surface area contributed by atoms with Crippen molar-refractivity contribution in [2.45, 2.75) is 33.6 Å². The van der Waals surface area contributed by atoms with E-state index in [0.717, 1.165) is 16.1 Å². The van der Waals surface area contributed by atoms with Crippen LogP contribution in [-0.4, -0.2) is 22.1 Å². The molecule has 0 saturated carbocycles. The average molecular weight is 340 g/mol. The molecule has 0 radical (unpaired) electrons. The van der Waals surface area contributed by atoms with Crippen LogP contribution >= 0.6 is 11.3 Å². The Hall–Kier alpha value is -2.27. The highest BCUT2D eigenvalue weighted by atomic mass is 32.1. The third kappa shape index (κ3) is 3.46. The Balaban J connectivity index is 1.87. The van der Waals surface area contributed by atoms with Crippen molar-refractivity contribution in [2.75, 3.05) is 0 Å². The average Bonchev–Trinajstić information content (AvgIpc) is 2.87. The molecule has 0 amide bonds. The Morgan fingerprint density at radius 3 is 2.62 bits per heavy atom. The van der Waals surface area contributed by atoms with Gasteiger partial charge in [-0.15, -0.1) is 0 Å². The summed E-state index contributed by atoms with van der Waals surface area (Å²) in [5.41, 5.74) is 2.06. The monoisotopic (exact) mass is 340 g/mol. The normalized spacial score (nSPS) is 17.7. The number of allylic oxidation sites excluding steroid dienone is 2. The van der Waals surface area contributed by atoms with E-state index in [0.29, 0.717) is 23.5 Å². The van der Waals surface area contributed by atoms with Crippen LogP contribution in [0.3, 0.4) is 0 Å². The second kappa shape index (κ2) is 6.32. The summed E-state index contributed by atoms with van der Waals surface area (Å²) in [6.45, 7) is 5.96. The first-order chi connectivity index (χ1) is 11.4. The second-order valence-corrected chi connectivity index (χ2v) is 8.01. The summed E-state index contributed by atoms with van der Waals surface area (Å²) in [4.78, 5) is 22.2. The van der Waals surface area contributed by atoms with Gasteiger partial charge in [-0.3, -0.25) is 4.79 Å². The number of carbonyl (C=O) groups is 1. The predicted octanol–water partition coefficient (Wildman–Crippen LogP) is 5.02. The number of aliphatic imine (C=N–C) groups is 1. The van der Waals surface area contributed by atoms with E-state index in [4.69, 9.17) is 0 Å². The van der Waals surface area contributed by atoms with Crippen LogP contribution in [0.25, 0.3) is 11.3 Å². The fourth-order valence-electron chi connectivity index (χ4n) is 2.87. The first-order valence-corrected chi connectivity index (χ1v) is 8.70. The highest BCUT2D eigenvalue weighted by molar-refractivity contribution is 7.15. The molecule has 1 heterocycles. The number of hydrogen-bond donors (Lipinski definition) is 1. The van der Waals surface area contributed by atoms with Crippen LogP contribution in [0.5, 0.6) is 0 Å². The molecule has 0 atom stereocenters. The van der Waals surface area contributed by atoms with Gasteiger partial charge < -0.3 is 5.11 Å². The summed E-state index contributed by atoms with van der Waals surface area (Å²) in [5, 5.41) is 10.7. The Labute approximate surface area is 145 Å². The smallest absolute Gasteiger partial charge is 0.209 e. The number of carbonyl (C=O) groups excluding carboxylic acids is 1. The highest BCUT2D eigenvalue weighted by Gasteiger charge is 2.32. The number of aliphatic hydroxyl groups excluding tert-OH is 1. The molecule has 5 heteroatoms. The minimum Gasteiger partial charge on any atom is -0.511 e. The molecule has 24 heavy (non-hydrogen) atoms. The van der Waals surface area contributed by atoms with Crippen LogP contribution in [0, 0.1) is 12.3 Å². The van der Waals surface area contributed by atoms with Gasteiger partial charge in [0.05, 0.1) is 11.3 Å². The molecule has 1 aromatic carbocycles. The standard InChI is InChI=1S/C19H20N2O2S/c1-12-17(13-7-5-4-6-8-13)21-18(24-12)20-11-14-15(22)9-19(2,3)10-16(14)23/h4-8,11,22H,9-10H2,1-3H3. The molecular weight excluding hydrogens is 320 g/mol. The fraction of sp³-hybridized carbons (Fsp3) is 0.316. The third-order valence-corrected chi connectivity index (χ3v) is 4.91. The van der Waals surface area contributed by atoms with Gasteiger partial charge in [-0.2, -0.15) is 0 Å². The molecule has 0 saturated heterocycles. The number of Topliss-reactive ketones (excluding diaryl/α,β-unsaturated/α-hetero) is 1. The topological polar surface area (TPSA) is 62.6 Å². The Kier molecular flexibility index (Phi) is 4.37. The summed E-state index contributed by atoms with van der Waals surface area (Å²) in [6.07, 6.45) is 2.37. The highest BCUT2D eigenvalue weighted by Crippen LogP contribution is 2.36. The van der Waals surface area contributed by atoms with Gasteiger partial charge in [0.2, 0.25) is 5.13 Å². The molecule has 1 aromatic heterocycles. The maximum Gasteiger partial charge on any atom is 0.209 e. The first-order valence-electron chi connectivity index (χ1n) is 7.88. The van der Waals surface area contributed by atoms with Gasteiger partial charge in [0.25, 0.3) is 0 Å². The number of rotatable bonds is 3. The molecule has 2 aromatic rings. The SMILES string of the molecule is Cc1sc(N=CC2=C(O)CC(C)(C)CC2=O)nc1-c1ccccc1. The van der Waals surface area contributed by atoms with E-state index in [1.54, 1.807) is 0 Å². The zero-order chi connectivity index (χ0) is 17.3. The van der Waals surface area contributed by atoms with Gasteiger partial charge >= 0.3 is 0 Å². The van der Waals surface area contributed by atoms with Crippen molar-refractivity contribution >= 4 is 28.5 Å². The summed E-state index contributed by atoms with van der Waals surface area (Å²) < 4.78 is 0. The van der Waals surface area contributed by atoms with Crippen molar-refractivity contribution in [3.05, 3.63) is 46.5 Å². The van der Waals surface area contributed by atoms with Crippen molar-refractivity contribution in [3.63, 3.8) is 0 Å². The molecule has 0 unspecified atom stereocenters. The van der Waals surface area contributed by atoms with Gasteiger partial charge in [0.15, 0.2) is 5.78 Å². The lowest BCUT2D eigenvalue weighted by molar-refractivity contribution is -0.117. The number of thiazole rings is 1. The molecule has 124 valence electrons. The van der Waals surface area contributed by atoms with Crippen LogP contribution in [0.15, 0.2) is 46.7 Å². The van der Waals surface area contributed by atoms with E-state index in [2.05, 4.69) is 9.98 Å². The first kappa shape index (κ1) is 16.6.